The van der Waals surface area contributed by atoms with E-state index in [0.29, 0.717) is 16.4 Å². The second-order valence-electron chi connectivity index (χ2n) is 2.24. The van der Waals surface area contributed by atoms with Crippen molar-refractivity contribution in [1.29, 1.82) is 5.26 Å². The van der Waals surface area contributed by atoms with Crippen molar-refractivity contribution in [2.75, 3.05) is 0 Å². The monoisotopic (exact) mass is 176 g/mol. The molecule has 2 rings (SSSR count). The SMILES string of the molecule is N#Cc1cn2cc[c]c(Cl)c2n1. The van der Waals surface area contributed by atoms with Crippen LogP contribution in [0.5, 0.6) is 0 Å². The molecule has 0 aliphatic heterocycles. The highest BCUT2D eigenvalue weighted by atomic mass is 35.5. The molecule has 12 heavy (non-hydrogen) atoms. The average molecular weight is 177 g/mol. The van der Waals surface area contributed by atoms with E-state index in [4.69, 9.17) is 16.9 Å². The number of nitriles is 1. The molecule has 0 spiro atoms. The highest BCUT2D eigenvalue weighted by Gasteiger charge is 2.02. The molecule has 0 fully saturated rings. The molecule has 1 radical (unpaired) electrons. The van der Waals surface area contributed by atoms with Crippen LogP contribution in [0.25, 0.3) is 5.65 Å². The molecule has 2 aromatic rings. The first-order valence-electron chi connectivity index (χ1n) is 3.26. The number of rotatable bonds is 0. The molecule has 0 aromatic carbocycles. The van der Waals surface area contributed by atoms with Gasteiger partial charge in [-0.1, -0.05) is 11.6 Å². The van der Waals surface area contributed by atoms with Crippen molar-refractivity contribution < 1.29 is 0 Å². The van der Waals surface area contributed by atoms with E-state index in [2.05, 4.69) is 11.1 Å². The molecule has 0 saturated heterocycles. The molecule has 0 aliphatic carbocycles. The van der Waals surface area contributed by atoms with Gasteiger partial charge in [0.15, 0.2) is 11.3 Å². The van der Waals surface area contributed by atoms with Crippen LogP contribution in [0.3, 0.4) is 0 Å². The summed E-state index contributed by atoms with van der Waals surface area (Å²) in [4.78, 5) is 3.97. The fourth-order valence-electron chi connectivity index (χ4n) is 0.979. The fraction of sp³-hybridized carbons (Fsp3) is 0. The molecule has 0 N–H and O–H groups in total. The summed E-state index contributed by atoms with van der Waals surface area (Å²) in [5.74, 6) is 0. The van der Waals surface area contributed by atoms with Crippen molar-refractivity contribution in [3.05, 3.63) is 35.2 Å². The topological polar surface area (TPSA) is 41.1 Å². The van der Waals surface area contributed by atoms with Crippen LogP contribution in [0.1, 0.15) is 5.69 Å². The van der Waals surface area contributed by atoms with E-state index in [1.807, 2.05) is 6.07 Å². The van der Waals surface area contributed by atoms with Gasteiger partial charge in [-0.3, -0.25) is 0 Å². The summed E-state index contributed by atoms with van der Waals surface area (Å²) in [6.07, 6.45) is 3.37. The van der Waals surface area contributed by atoms with Gasteiger partial charge < -0.3 is 4.40 Å². The van der Waals surface area contributed by atoms with Gasteiger partial charge in [0.05, 0.1) is 5.02 Å². The molecule has 57 valence electrons. The van der Waals surface area contributed by atoms with Crippen molar-refractivity contribution in [2.45, 2.75) is 0 Å². The Morgan fingerprint density at radius 2 is 2.50 bits per heavy atom. The van der Waals surface area contributed by atoms with Gasteiger partial charge in [0, 0.05) is 18.5 Å². The van der Waals surface area contributed by atoms with Gasteiger partial charge in [0.25, 0.3) is 0 Å². The summed E-state index contributed by atoms with van der Waals surface area (Å²) < 4.78 is 1.69. The molecule has 2 heterocycles. The maximum absolute atomic E-state index is 8.55. The number of halogens is 1. The average Bonchev–Trinajstić information content (AvgIpc) is 2.49. The first kappa shape index (κ1) is 7.14. The van der Waals surface area contributed by atoms with E-state index in [-0.39, 0.29) is 0 Å². The van der Waals surface area contributed by atoms with Gasteiger partial charge in [-0.05, 0) is 6.07 Å². The minimum Gasteiger partial charge on any atom is -0.304 e. The number of pyridine rings is 1. The van der Waals surface area contributed by atoms with Crippen LogP contribution < -0.4 is 0 Å². The second kappa shape index (κ2) is 2.50. The van der Waals surface area contributed by atoms with Crippen LogP contribution in [0, 0.1) is 17.4 Å². The molecular weight excluding hydrogens is 174 g/mol. The summed E-state index contributed by atoms with van der Waals surface area (Å²) in [6.45, 7) is 0. The van der Waals surface area contributed by atoms with Crippen molar-refractivity contribution in [3.8, 4) is 6.07 Å². The second-order valence-corrected chi connectivity index (χ2v) is 2.62. The number of fused-ring (bicyclic) bond motifs is 1. The van der Waals surface area contributed by atoms with Gasteiger partial charge in [-0.25, -0.2) is 4.98 Å². The summed E-state index contributed by atoms with van der Waals surface area (Å²) in [5.41, 5.74) is 0.923. The molecule has 0 atom stereocenters. The number of nitrogens with zero attached hydrogens (tertiary/aromatic N) is 3. The van der Waals surface area contributed by atoms with E-state index >= 15 is 0 Å². The van der Waals surface area contributed by atoms with Crippen molar-refractivity contribution in [2.24, 2.45) is 0 Å². The van der Waals surface area contributed by atoms with Crippen molar-refractivity contribution in [1.82, 2.24) is 9.38 Å². The molecule has 0 saturated carbocycles. The van der Waals surface area contributed by atoms with Crippen LogP contribution in [-0.4, -0.2) is 9.38 Å². The molecule has 0 amide bonds. The maximum Gasteiger partial charge on any atom is 0.159 e. The zero-order valence-corrected chi connectivity index (χ0v) is 6.71. The lowest BCUT2D eigenvalue weighted by molar-refractivity contribution is 1.18. The van der Waals surface area contributed by atoms with Gasteiger partial charge in [-0.15, -0.1) is 0 Å². The lowest BCUT2D eigenvalue weighted by atomic mass is 10.5. The third kappa shape index (κ3) is 0.936. The predicted octanol–water partition coefficient (Wildman–Crippen LogP) is 1.66. The van der Waals surface area contributed by atoms with Gasteiger partial charge in [0.1, 0.15) is 6.07 Å². The van der Waals surface area contributed by atoms with Crippen molar-refractivity contribution in [3.63, 3.8) is 0 Å². The van der Waals surface area contributed by atoms with E-state index < -0.39 is 0 Å². The van der Waals surface area contributed by atoms with Crippen LogP contribution in [-0.2, 0) is 0 Å². The van der Waals surface area contributed by atoms with Gasteiger partial charge in [0.2, 0.25) is 0 Å². The van der Waals surface area contributed by atoms with E-state index in [1.54, 1.807) is 22.9 Å². The highest BCUT2D eigenvalue weighted by molar-refractivity contribution is 6.33. The Hall–Kier alpha value is -1.53. The maximum atomic E-state index is 8.55. The minimum absolute atomic E-state index is 0.358. The first-order chi connectivity index (χ1) is 5.81. The largest absolute Gasteiger partial charge is 0.304 e. The quantitative estimate of drug-likeness (QED) is 0.613. The number of hydrogen-bond acceptors (Lipinski definition) is 2. The van der Waals surface area contributed by atoms with E-state index in [1.165, 1.54) is 0 Å². The third-order valence-corrected chi connectivity index (χ3v) is 1.77. The van der Waals surface area contributed by atoms with E-state index in [0.717, 1.165) is 0 Å². The lowest BCUT2D eigenvalue weighted by Crippen LogP contribution is -1.81. The summed E-state index contributed by atoms with van der Waals surface area (Å²) in [5, 5.41) is 8.98. The Bertz CT molecular complexity index is 467. The highest BCUT2D eigenvalue weighted by Crippen LogP contribution is 2.14. The first-order valence-corrected chi connectivity index (χ1v) is 3.64. The molecule has 0 aliphatic rings. The molecule has 2 aromatic heterocycles. The predicted molar refractivity (Wildman–Crippen MR) is 43.8 cm³/mol. The molecule has 3 nitrogen and oxygen atoms in total. The van der Waals surface area contributed by atoms with Crippen LogP contribution in [0.4, 0.5) is 0 Å². The van der Waals surface area contributed by atoms with Crippen molar-refractivity contribution >= 4 is 17.2 Å². The number of imidazole rings is 1. The normalized spacial score (nSPS) is 10.0. The van der Waals surface area contributed by atoms with Crippen LogP contribution in [0.15, 0.2) is 18.5 Å². The van der Waals surface area contributed by atoms with Crippen LogP contribution in [0.2, 0.25) is 5.02 Å². The van der Waals surface area contributed by atoms with Crippen LogP contribution >= 0.6 is 11.6 Å². The fourth-order valence-corrected chi connectivity index (χ4v) is 1.18. The number of hydrogen-bond donors (Lipinski definition) is 0. The Labute approximate surface area is 73.8 Å². The van der Waals surface area contributed by atoms with E-state index in [9.17, 15) is 0 Å². The standard InChI is InChI=1S/C8H3ClN3/c9-7-2-1-3-12-5-6(4-10)11-8(7)12/h1,3,5H. The summed E-state index contributed by atoms with van der Waals surface area (Å²) >= 11 is 5.78. The zero-order chi connectivity index (χ0) is 8.55. The molecular formula is C8H3ClN3. The Balaban J connectivity index is 2.85. The number of aromatic nitrogens is 2. The Morgan fingerprint density at radius 1 is 1.67 bits per heavy atom. The Kier molecular flexibility index (Phi) is 1.49. The Morgan fingerprint density at radius 3 is 3.17 bits per heavy atom. The molecule has 4 heteroatoms. The minimum atomic E-state index is 0.358. The molecule has 0 bridgehead atoms. The van der Waals surface area contributed by atoms with Gasteiger partial charge >= 0.3 is 0 Å². The summed E-state index contributed by atoms with van der Waals surface area (Å²) in [7, 11) is 0. The third-order valence-electron chi connectivity index (χ3n) is 1.49. The lowest BCUT2D eigenvalue weighted by Gasteiger charge is -1.91. The molecule has 0 unspecified atom stereocenters. The summed E-state index contributed by atoms with van der Waals surface area (Å²) in [6, 6.07) is 6.40. The van der Waals surface area contributed by atoms with Gasteiger partial charge in [-0.2, -0.15) is 5.26 Å². The smallest absolute Gasteiger partial charge is 0.159 e. The zero-order valence-electron chi connectivity index (χ0n) is 5.95.